The standard InChI is InChI=1S/C13H22ClN5O2S/c1-7-19(22-12(20)21-13(4,5)6)11-17-9(14)16-10(18-11)15-8(2)3/h8H,7H2,1-6H3,(H,15,16,17,18). The van der Waals surface area contributed by atoms with E-state index in [0.717, 1.165) is 11.9 Å². The van der Waals surface area contributed by atoms with Gasteiger partial charge in [0.15, 0.2) is 0 Å². The third-order valence-corrected chi connectivity index (χ3v) is 3.14. The van der Waals surface area contributed by atoms with Crippen LogP contribution in [0.15, 0.2) is 0 Å². The summed E-state index contributed by atoms with van der Waals surface area (Å²) in [5.41, 5.74) is -0.551. The summed E-state index contributed by atoms with van der Waals surface area (Å²) in [6.07, 6.45) is 0. The van der Waals surface area contributed by atoms with Crippen LogP contribution in [0.2, 0.25) is 5.28 Å². The maximum Gasteiger partial charge on any atom is 0.388 e. The lowest BCUT2D eigenvalue weighted by Gasteiger charge is -2.23. The molecule has 1 rings (SSSR count). The molecule has 0 aromatic carbocycles. The topological polar surface area (TPSA) is 80.2 Å². The fourth-order valence-corrected chi connectivity index (χ4v) is 2.29. The molecule has 0 unspecified atom stereocenters. The van der Waals surface area contributed by atoms with Crippen molar-refractivity contribution in [3.8, 4) is 0 Å². The van der Waals surface area contributed by atoms with Crippen LogP contribution in [0.4, 0.5) is 16.7 Å². The number of carbonyl (C=O) groups excluding carboxylic acids is 1. The molecule has 1 aromatic rings. The van der Waals surface area contributed by atoms with Crippen LogP contribution in [0, 0.1) is 0 Å². The van der Waals surface area contributed by atoms with E-state index in [0.29, 0.717) is 18.4 Å². The van der Waals surface area contributed by atoms with E-state index >= 15 is 0 Å². The van der Waals surface area contributed by atoms with Gasteiger partial charge in [0.1, 0.15) is 5.60 Å². The third-order valence-electron chi connectivity index (χ3n) is 2.10. The number of carbonyl (C=O) groups is 1. The fraction of sp³-hybridized carbons (Fsp3) is 0.692. The summed E-state index contributed by atoms with van der Waals surface area (Å²) >= 11 is 6.82. The minimum atomic E-state index is -0.551. The van der Waals surface area contributed by atoms with Crippen molar-refractivity contribution >= 4 is 40.7 Å². The molecule has 0 saturated carbocycles. The summed E-state index contributed by atoms with van der Waals surface area (Å²) in [6, 6.07) is 0.153. The van der Waals surface area contributed by atoms with Crippen LogP contribution in [0.5, 0.6) is 0 Å². The van der Waals surface area contributed by atoms with Crippen LogP contribution in [-0.2, 0) is 4.74 Å². The zero-order valence-electron chi connectivity index (χ0n) is 13.7. The van der Waals surface area contributed by atoms with E-state index in [4.69, 9.17) is 16.3 Å². The Labute approximate surface area is 140 Å². The predicted molar refractivity (Wildman–Crippen MR) is 90.4 cm³/mol. The molecule has 0 aliphatic rings. The molecule has 124 valence electrons. The lowest BCUT2D eigenvalue weighted by molar-refractivity contribution is 0.0737. The van der Waals surface area contributed by atoms with Gasteiger partial charge in [-0.2, -0.15) is 15.0 Å². The van der Waals surface area contributed by atoms with Gasteiger partial charge in [0.25, 0.3) is 0 Å². The first-order valence-corrected chi connectivity index (χ1v) is 8.12. The van der Waals surface area contributed by atoms with Gasteiger partial charge < -0.3 is 10.1 Å². The molecule has 9 heteroatoms. The number of ether oxygens (including phenoxy) is 1. The second kappa shape index (κ2) is 7.82. The molecule has 0 spiro atoms. The monoisotopic (exact) mass is 347 g/mol. The first kappa shape index (κ1) is 18.8. The van der Waals surface area contributed by atoms with Crippen molar-refractivity contribution < 1.29 is 9.53 Å². The quantitative estimate of drug-likeness (QED) is 0.637. The number of nitrogens with one attached hydrogen (secondary N) is 1. The SMILES string of the molecule is CCN(SC(=O)OC(C)(C)C)c1nc(Cl)nc(NC(C)C)n1. The largest absolute Gasteiger partial charge is 0.451 e. The van der Waals surface area contributed by atoms with Crippen LogP contribution in [0.1, 0.15) is 41.5 Å². The highest BCUT2D eigenvalue weighted by Crippen LogP contribution is 2.24. The Kier molecular flexibility index (Phi) is 6.67. The lowest BCUT2D eigenvalue weighted by Crippen LogP contribution is -2.26. The molecule has 0 saturated heterocycles. The smallest absolute Gasteiger partial charge is 0.388 e. The molecule has 0 bridgehead atoms. The highest BCUT2D eigenvalue weighted by Gasteiger charge is 2.22. The molecule has 0 aliphatic carbocycles. The second-order valence-electron chi connectivity index (χ2n) is 5.78. The van der Waals surface area contributed by atoms with E-state index in [1.807, 2.05) is 41.5 Å². The van der Waals surface area contributed by atoms with Crippen molar-refractivity contribution in [1.82, 2.24) is 15.0 Å². The minimum absolute atomic E-state index is 0.0661. The molecule has 1 heterocycles. The number of halogens is 1. The van der Waals surface area contributed by atoms with E-state index < -0.39 is 10.9 Å². The van der Waals surface area contributed by atoms with E-state index in [-0.39, 0.29) is 11.3 Å². The van der Waals surface area contributed by atoms with Crippen LogP contribution in [0.3, 0.4) is 0 Å². The first-order chi connectivity index (χ1) is 10.1. The van der Waals surface area contributed by atoms with Crippen molar-refractivity contribution in [1.29, 1.82) is 0 Å². The average Bonchev–Trinajstić information content (AvgIpc) is 2.32. The van der Waals surface area contributed by atoms with Gasteiger partial charge in [0.05, 0.1) is 11.9 Å². The van der Waals surface area contributed by atoms with Crippen LogP contribution < -0.4 is 9.62 Å². The van der Waals surface area contributed by atoms with Gasteiger partial charge in [-0.25, -0.2) is 4.79 Å². The normalized spacial score (nSPS) is 11.5. The van der Waals surface area contributed by atoms with Crippen molar-refractivity contribution in [3.63, 3.8) is 0 Å². The zero-order valence-corrected chi connectivity index (χ0v) is 15.2. The summed E-state index contributed by atoms with van der Waals surface area (Å²) in [6.45, 7) is 11.7. The fourth-order valence-electron chi connectivity index (χ4n) is 1.38. The number of aromatic nitrogens is 3. The molecule has 0 amide bonds. The van der Waals surface area contributed by atoms with Gasteiger partial charge in [-0.1, -0.05) is 0 Å². The maximum atomic E-state index is 11.9. The van der Waals surface area contributed by atoms with E-state index in [2.05, 4.69) is 20.3 Å². The Bertz CT molecular complexity index is 522. The average molecular weight is 348 g/mol. The summed E-state index contributed by atoms with van der Waals surface area (Å²) in [5.74, 6) is 0.676. The van der Waals surface area contributed by atoms with Crippen molar-refractivity contribution in [2.75, 3.05) is 16.2 Å². The Balaban J connectivity index is 2.90. The van der Waals surface area contributed by atoms with Gasteiger partial charge in [-0.05, 0) is 53.1 Å². The van der Waals surface area contributed by atoms with Crippen LogP contribution in [-0.4, -0.2) is 38.4 Å². The van der Waals surface area contributed by atoms with Gasteiger partial charge >= 0.3 is 5.30 Å². The summed E-state index contributed by atoms with van der Waals surface area (Å²) in [5, 5.41) is 2.70. The highest BCUT2D eigenvalue weighted by molar-refractivity contribution is 8.14. The van der Waals surface area contributed by atoms with Crippen molar-refractivity contribution in [2.24, 2.45) is 0 Å². The minimum Gasteiger partial charge on any atom is -0.451 e. The van der Waals surface area contributed by atoms with Crippen molar-refractivity contribution in [3.05, 3.63) is 5.28 Å². The molecular formula is C13H22ClN5O2S. The molecule has 0 aliphatic heterocycles. The molecule has 1 N–H and O–H groups in total. The number of nitrogens with zero attached hydrogens (tertiary/aromatic N) is 4. The number of hydrogen-bond donors (Lipinski definition) is 1. The summed E-state index contributed by atoms with van der Waals surface area (Å²) in [4.78, 5) is 24.3. The van der Waals surface area contributed by atoms with E-state index in [1.165, 1.54) is 0 Å². The lowest BCUT2D eigenvalue weighted by atomic mass is 10.2. The predicted octanol–water partition coefficient (Wildman–Crippen LogP) is 3.75. The van der Waals surface area contributed by atoms with E-state index in [1.54, 1.807) is 4.31 Å². The van der Waals surface area contributed by atoms with Crippen molar-refractivity contribution in [2.45, 2.75) is 53.2 Å². The molecule has 0 radical (unpaired) electrons. The highest BCUT2D eigenvalue weighted by atomic mass is 35.5. The van der Waals surface area contributed by atoms with Gasteiger partial charge in [0.2, 0.25) is 17.2 Å². The Hall–Kier alpha value is -1.28. The van der Waals surface area contributed by atoms with Crippen LogP contribution >= 0.6 is 23.5 Å². The van der Waals surface area contributed by atoms with Gasteiger partial charge in [-0.15, -0.1) is 0 Å². The molecular weight excluding hydrogens is 326 g/mol. The maximum absolute atomic E-state index is 11.9. The van der Waals surface area contributed by atoms with Gasteiger partial charge in [-0.3, -0.25) is 4.31 Å². The van der Waals surface area contributed by atoms with Gasteiger partial charge in [0, 0.05) is 12.6 Å². The summed E-state index contributed by atoms with van der Waals surface area (Å²) in [7, 11) is 0. The Morgan fingerprint density at radius 1 is 1.36 bits per heavy atom. The molecule has 0 atom stereocenters. The summed E-state index contributed by atoms with van der Waals surface area (Å²) < 4.78 is 6.88. The first-order valence-electron chi connectivity index (χ1n) is 6.97. The molecule has 7 nitrogen and oxygen atoms in total. The Morgan fingerprint density at radius 2 is 2.00 bits per heavy atom. The molecule has 0 fully saturated rings. The van der Waals surface area contributed by atoms with Crippen LogP contribution in [0.25, 0.3) is 0 Å². The number of rotatable bonds is 5. The zero-order chi connectivity index (χ0) is 16.9. The number of hydrogen-bond acceptors (Lipinski definition) is 8. The number of anilines is 2. The van der Waals surface area contributed by atoms with E-state index in [9.17, 15) is 4.79 Å². The second-order valence-corrected chi connectivity index (χ2v) is 7.07. The molecule has 1 aromatic heterocycles. The Morgan fingerprint density at radius 3 is 2.50 bits per heavy atom. The third kappa shape index (κ3) is 6.65. The molecule has 22 heavy (non-hydrogen) atoms.